The van der Waals surface area contributed by atoms with Gasteiger partial charge < -0.3 is 49.0 Å². The standard InChI is InChI=1S/C24H37N3O5S.HI/c1-24(2,3)32-22(29)26-20(13-16-33(4)5)21(28)25-19-11-14-27(15-12-19)23(30)31-17-18-9-7-6-8-10-18;/h6-10,19-20H,11-17H2,1-5H3,(H-,25,26,28,29);1H. The summed E-state index contributed by atoms with van der Waals surface area (Å²) >= 11 is 0. The van der Waals surface area contributed by atoms with Crippen LogP contribution in [0.3, 0.4) is 0 Å². The number of likely N-dealkylation sites (tertiary alicyclic amines) is 1. The fourth-order valence-electron chi connectivity index (χ4n) is 3.39. The molecule has 1 aromatic carbocycles. The van der Waals surface area contributed by atoms with E-state index in [0.29, 0.717) is 32.4 Å². The van der Waals surface area contributed by atoms with Crippen LogP contribution in [0.5, 0.6) is 0 Å². The predicted molar refractivity (Wildman–Crippen MR) is 131 cm³/mol. The van der Waals surface area contributed by atoms with Gasteiger partial charge in [-0.15, -0.1) is 0 Å². The molecule has 1 atom stereocenters. The van der Waals surface area contributed by atoms with E-state index in [-0.39, 0.29) is 59.5 Å². The van der Waals surface area contributed by atoms with E-state index < -0.39 is 17.7 Å². The minimum absolute atomic E-state index is 0. The Bertz CT molecular complexity index is 781. The summed E-state index contributed by atoms with van der Waals surface area (Å²) in [5.41, 5.74) is 0.311. The number of hydrogen-bond donors (Lipinski definition) is 2. The molecule has 34 heavy (non-hydrogen) atoms. The highest BCUT2D eigenvalue weighted by Crippen LogP contribution is 2.14. The third-order valence-corrected chi connectivity index (χ3v) is 6.18. The quantitative estimate of drug-likeness (QED) is 0.322. The Kier molecular flexibility index (Phi) is 13.1. The number of piperidine rings is 1. The molecule has 3 amide bonds. The average Bonchev–Trinajstić information content (AvgIpc) is 2.74. The van der Waals surface area contributed by atoms with Crippen LogP contribution >= 0.6 is 0 Å². The zero-order valence-corrected chi connectivity index (χ0v) is 23.7. The van der Waals surface area contributed by atoms with Crippen molar-refractivity contribution in [2.75, 3.05) is 31.4 Å². The second-order valence-electron chi connectivity index (χ2n) is 9.49. The van der Waals surface area contributed by atoms with E-state index in [0.717, 1.165) is 11.3 Å². The molecule has 1 fully saturated rings. The van der Waals surface area contributed by atoms with Gasteiger partial charge in [0.2, 0.25) is 5.91 Å². The normalized spacial score (nSPS) is 15.2. The molecule has 1 saturated heterocycles. The largest absolute Gasteiger partial charge is 1.00 e. The molecule has 0 saturated carbocycles. The van der Waals surface area contributed by atoms with Crippen LogP contribution in [0.1, 0.15) is 45.6 Å². The van der Waals surface area contributed by atoms with Crippen molar-refractivity contribution in [3.8, 4) is 0 Å². The highest BCUT2D eigenvalue weighted by molar-refractivity contribution is 7.95. The van der Waals surface area contributed by atoms with Gasteiger partial charge in [-0.1, -0.05) is 30.3 Å². The predicted octanol–water partition coefficient (Wildman–Crippen LogP) is 0.0691. The SMILES string of the molecule is C[S+](C)CCC(NC(=O)OC(C)(C)C)C(=O)NC1CCN(C(=O)OCc2ccccc2)CC1.[I-]. The van der Waals surface area contributed by atoms with E-state index in [2.05, 4.69) is 23.1 Å². The first kappa shape index (κ1) is 30.3. The van der Waals surface area contributed by atoms with Crippen LogP contribution < -0.4 is 34.6 Å². The van der Waals surface area contributed by atoms with Crippen molar-refractivity contribution in [2.24, 2.45) is 0 Å². The monoisotopic (exact) mass is 607 g/mol. The second-order valence-corrected chi connectivity index (χ2v) is 11.9. The number of rotatable bonds is 8. The summed E-state index contributed by atoms with van der Waals surface area (Å²) in [7, 11) is 0.150. The Hall–Kier alpha value is -1.69. The van der Waals surface area contributed by atoms with Gasteiger partial charge in [0, 0.05) is 25.6 Å². The Morgan fingerprint density at radius 3 is 2.29 bits per heavy atom. The number of ether oxygens (including phenoxy) is 2. The Morgan fingerprint density at radius 1 is 1.12 bits per heavy atom. The molecule has 0 spiro atoms. The number of carbonyl (C=O) groups is 3. The fraction of sp³-hybridized carbons (Fsp3) is 0.625. The summed E-state index contributed by atoms with van der Waals surface area (Å²) in [6.45, 7) is 6.62. The summed E-state index contributed by atoms with van der Waals surface area (Å²) in [6.07, 6.45) is 5.10. The lowest BCUT2D eigenvalue weighted by molar-refractivity contribution is -0.124. The summed E-state index contributed by atoms with van der Waals surface area (Å²) in [4.78, 5) is 39.2. The molecule has 0 aliphatic carbocycles. The lowest BCUT2D eigenvalue weighted by Gasteiger charge is -2.32. The van der Waals surface area contributed by atoms with Gasteiger partial charge in [0.15, 0.2) is 0 Å². The number of benzene rings is 1. The molecule has 1 aromatic rings. The Labute approximate surface area is 223 Å². The van der Waals surface area contributed by atoms with Crippen molar-refractivity contribution in [3.05, 3.63) is 35.9 Å². The fourth-order valence-corrected chi connectivity index (χ4v) is 4.10. The van der Waals surface area contributed by atoms with E-state index in [4.69, 9.17) is 9.47 Å². The highest BCUT2D eigenvalue weighted by Gasteiger charge is 2.30. The van der Waals surface area contributed by atoms with Gasteiger partial charge in [-0.25, -0.2) is 9.59 Å². The van der Waals surface area contributed by atoms with Gasteiger partial charge in [-0.2, -0.15) is 0 Å². The van der Waals surface area contributed by atoms with Crippen LogP contribution in [0.2, 0.25) is 0 Å². The summed E-state index contributed by atoms with van der Waals surface area (Å²) in [5.74, 6) is 0.621. The molecular weight excluding hydrogens is 569 g/mol. The smallest absolute Gasteiger partial charge is 0.410 e. The third kappa shape index (κ3) is 11.6. The van der Waals surface area contributed by atoms with Crippen molar-refractivity contribution in [3.63, 3.8) is 0 Å². The van der Waals surface area contributed by atoms with Crippen molar-refractivity contribution < 1.29 is 47.8 Å². The maximum atomic E-state index is 12.9. The van der Waals surface area contributed by atoms with Gasteiger partial charge in [0.05, 0.1) is 12.5 Å². The zero-order valence-electron chi connectivity index (χ0n) is 20.8. The summed E-state index contributed by atoms with van der Waals surface area (Å²) in [6, 6.07) is 8.85. The van der Waals surface area contributed by atoms with Crippen molar-refractivity contribution in [1.29, 1.82) is 0 Å². The third-order valence-electron chi connectivity index (χ3n) is 5.13. The van der Waals surface area contributed by atoms with Crippen LogP contribution in [0, 0.1) is 0 Å². The minimum atomic E-state index is -0.649. The molecule has 1 aliphatic rings. The van der Waals surface area contributed by atoms with Crippen molar-refractivity contribution >= 4 is 29.0 Å². The number of alkyl carbamates (subject to hydrolysis) is 1. The van der Waals surface area contributed by atoms with E-state index >= 15 is 0 Å². The topological polar surface area (TPSA) is 97.0 Å². The van der Waals surface area contributed by atoms with Gasteiger partial charge in [0.1, 0.15) is 24.0 Å². The van der Waals surface area contributed by atoms with Gasteiger partial charge in [0.25, 0.3) is 0 Å². The van der Waals surface area contributed by atoms with Crippen molar-refractivity contribution in [2.45, 2.75) is 64.3 Å². The van der Waals surface area contributed by atoms with E-state index in [1.54, 1.807) is 25.7 Å². The Morgan fingerprint density at radius 2 is 1.74 bits per heavy atom. The van der Waals surface area contributed by atoms with Crippen LogP contribution in [0.4, 0.5) is 9.59 Å². The molecule has 1 heterocycles. The van der Waals surface area contributed by atoms with Crippen LogP contribution in [0.25, 0.3) is 0 Å². The molecule has 8 nitrogen and oxygen atoms in total. The molecule has 1 unspecified atom stereocenters. The van der Waals surface area contributed by atoms with Gasteiger partial charge in [-0.3, -0.25) is 4.79 Å². The molecule has 2 N–H and O–H groups in total. The molecule has 10 heteroatoms. The lowest BCUT2D eigenvalue weighted by Crippen LogP contribution is -3.00. The summed E-state index contributed by atoms with van der Waals surface area (Å²) < 4.78 is 10.7. The van der Waals surface area contributed by atoms with Crippen LogP contribution in [-0.2, 0) is 31.8 Å². The van der Waals surface area contributed by atoms with E-state index in [9.17, 15) is 14.4 Å². The first-order valence-corrected chi connectivity index (χ1v) is 13.5. The van der Waals surface area contributed by atoms with Crippen LogP contribution in [-0.4, -0.2) is 72.0 Å². The molecule has 0 bridgehead atoms. The van der Waals surface area contributed by atoms with E-state index in [1.165, 1.54) is 0 Å². The average molecular weight is 608 g/mol. The van der Waals surface area contributed by atoms with Gasteiger partial charge in [-0.05, 0) is 50.1 Å². The summed E-state index contributed by atoms with van der Waals surface area (Å²) in [5, 5.41) is 5.77. The lowest BCUT2D eigenvalue weighted by atomic mass is 10.0. The molecule has 192 valence electrons. The number of halogens is 1. The number of hydrogen-bond acceptors (Lipinski definition) is 5. The highest BCUT2D eigenvalue weighted by atomic mass is 127. The first-order chi connectivity index (χ1) is 15.5. The Balaban J connectivity index is 0.00000578. The maximum absolute atomic E-state index is 12.9. The molecule has 1 aliphatic heterocycles. The number of amides is 3. The van der Waals surface area contributed by atoms with E-state index in [1.807, 2.05) is 30.3 Å². The van der Waals surface area contributed by atoms with Crippen molar-refractivity contribution in [1.82, 2.24) is 15.5 Å². The number of carbonyl (C=O) groups excluding carboxylic acids is 3. The zero-order chi connectivity index (χ0) is 24.4. The second kappa shape index (κ2) is 14.7. The molecule has 0 aromatic heterocycles. The maximum Gasteiger partial charge on any atom is 0.410 e. The van der Waals surface area contributed by atoms with Gasteiger partial charge >= 0.3 is 12.2 Å². The van der Waals surface area contributed by atoms with Crippen LogP contribution in [0.15, 0.2) is 30.3 Å². The molecular formula is C24H38IN3O5S. The number of nitrogens with one attached hydrogen (secondary N) is 2. The first-order valence-electron chi connectivity index (χ1n) is 11.3. The number of nitrogens with zero attached hydrogens (tertiary/aromatic N) is 1. The minimum Gasteiger partial charge on any atom is -1.00 e. The molecule has 2 rings (SSSR count). The molecule has 0 radical (unpaired) electrons.